The molecule has 0 bridgehead atoms. The van der Waals surface area contributed by atoms with E-state index < -0.39 is 5.97 Å². The average Bonchev–Trinajstić information content (AvgIpc) is 2.55. The van der Waals surface area contributed by atoms with E-state index in [2.05, 4.69) is 15.9 Å². The van der Waals surface area contributed by atoms with Crippen LogP contribution in [0.1, 0.15) is 33.2 Å². The molecular weight excluding hydrogens is 364 g/mol. The number of rotatable bonds is 7. The Bertz CT molecular complexity index is 727. The lowest BCUT2D eigenvalue weighted by molar-refractivity contribution is 0.0696. The van der Waals surface area contributed by atoms with Gasteiger partial charge in [0.15, 0.2) is 17.8 Å². The summed E-state index contributed by atoms with van der Waals surface area (Å²) in [5.74, 6) is -0.0443. The second-order valence-electron chi connectivity index (χ2n) is 4.67. The summed E-state index contributed by atoms with van der Waals surface area (Å²) in [5, 5.41) is 9.00. The zero-order valence-corrected chi connectivity index (χ0v) is 14.0. The van der Waals surface area contributed by atoms with Gasteiger partial charge in [0.2, 0.25) is 0 Å². The molecule has 0 fully saturated rings. The van der Waals surface area contributed by atoms with Crippen molar-refractivity contribution in [1.29, 1.82) is 0 Å². The molecule has 5 nitrogen and oxygen atoms in total. The highest BCUT2D eigenvalue weighted by Gasteiger charge is 2.11. The van der Waals surface area contributed by atoms with E-state index in [0.717, 1.165) is 11.8 Å². The molecule has 0 spiro atoms. The Kier molecular flexibility index (Phi) is 5.76. The second-order valence-corrected chi connectivity index (χ2v) is 5.52. The lowest BCUT2D eigenvalue weighted by Gasteiger charge is -2.13. The SMILES string of the molecule is CCOc1cc(C=O)c(Br)cc1OCc1cccc(C(=O)O)c1. The van der Waals surface area contributed by atoms with Crippen LogP contribution in [-0.2, 0) is 6.61 Å². The molecule has 0 aliphatic heterocycles. The van der Waals surface area contributed by atoms with Gasteiger partial charge in [-0.1, -0.05) is 12.1 Å². The largest absolute Gasteiger partial charge is 0.490 e. The predicted octanol–water partition coefficient (Wildman–Crippen LogP) is 3.94. The molecule has 0 radical (unpaired) electrons. The van der Waals surface area contributed by atoms with Gasteiger partial charge in [-0.3, -0.25) is 4.79 Å². The molecule has 0 saturated carbocycles. The van der Waals surface area contributed by atoms with Crippen LogP contribution in [-0.4, -0.2) is 24.0 Å². The minimum atomic E-state index is -0.986. The molecule has 0 aliphatic rings. The Morgan fingerprint density at radius 1 is 1.22 bits per heavy atom. The molecule has 2 rings (SSSR count). The third-order valence-corrected chi connectivity index (χ3v) is 3.74. The number of hydrogen-bond donors (Lipinski definition) is 1. The van der Waals surface area contributed by atoms with Gasteiger partial charge in [0.05, 0.1) is 12.2 Å². The van der Waals surface area contributed by atoms with Crippen molar-refractivity contribution < 1.29 is 24.2 Å². The fourth-order valence-corrected chi connectivity index (χ4v) is 2.39. The lowest BCUT2D eigenvalue weighted by atomic mass is 10.1. The van der Waals surface area contributed by atoms with Crippen molar-refractivity contribution in [2.24, 2.45) is 0 Å². The normalized spacial score (nSPS) is 10.2. The van der Waals surface area contributed by atoms with Gasteiger partial charge in [-0.25, -0.2) is 4.79 Å². The number of ether oxygens (including phenoxy) is 2. The third-order valence-electron chi connectivity index (χ3n) is 3.06. The van der Waals surface area contributed by atoms with Gasteiger partial charge in [-0.2, -0.15) is 0 Å². The van der Waals surface area contributed by atoms with Crippen molar-refractivity contribution in [2.75, 3.05) is 6.61 Å². The number of carboxylic acids is 1. The van der Waals surface area contributed by atoms with Crippen molar-refractivity contribution in [3.8, 4) is 11.5 Å². The number of hydrogen-bond acceptors (Lipinski definition) is 4. The van der Waals surface area contributed by atoms with E-state index in [0.29, 0.717) is 28.1 Å². The van der Waals surface area contributed by atoms with Gasteiger partial charge in [0, 0.05) is 10.0 Å². The van der Waals surface area contributed by atoms with E-state index in [1.54, 1.807) is 30.3 Å². The monoisotopic (exact) mass is 378 g/mol. The second kappa shape index (κ2) is 7.78. The average molecular weight is 379 g/mol. The molecule has 0 aliphatic carbocycles. The van der Waals surface area contributed by atoms with Crippen LogP contribution in [0.15, 0.2) is 40.9 Å². The first-order valence-electron chi connectivity index (χ1n) is 6.91. The van der Waals surface area contributed by atoms with Gasteiger partial charge >= 0.3 is 5.97 Å². The summed E-state index contributed by atoms with van der Waals surface area (Å²) >= 11 is 3.30. The summed E-state index contributed by atoms with van der Waals surface area (Å²) in [4.78, 5) is 22.0. The number of carboxylic acid groups (broad SMARTS) is 1. The minimum absolute atomic E-state index is 0.189. The van der Waals surface area contributed by atoms with Crippen molar-refractivity contribution in [2.45, 2.75) is 13.5 Å². The Labute approximate surface area is 142 Å². The molecule has 0 aromatic heterocycles. The maximum absolute atomic E-state index is 11.0. The molecular formula is C17H15BrO5. The quantitative estimate of drug-likeness (QED) is 0.738. The van der Waals surface area contributed by atoms with E-state index >= 15 is 0 Å². The lowest BCUT2D eigenvalue weighted by Crippen LogP contribution is -2.02. The Balaban J connectivity index is 2.22. The van der Waals surface area contributed by atoms with E-state index in [9.17, 15) is 9.59 Å². The van der Waals surface area contributed by atoms with Crippen molar-refractivity contribution in [1.82, 2.24) is 0 Å². The van der Waals surface area contributed by atoms with Crippen LogP contribution >= 0.6 is 15.9 Å². The third kappa shape index (κ3) is 4.32. The summed E-state index contributed by atoms with van der Waals surface area (Å²) < 4.78 is 11.8. The standard InChI is InChI=1S/C17H15BrO5/c1-2-22-15-7-13(9-19)14(18)8-16(15)23-10-11-4-3-5-12(6-11)17(20)21/h3-9H,2,10H2,1H3,(H,20,21). The van der Waals surface area contributed by atoms with Crippen molar-refractivity contribution in [3.05, 3.63) is 57.6 Å². The fourth-order valence-electron chi connectivity index (χ4n) is 1.98. The molecule has 23 heavy (non-hydrogen) atoms. The van der Waals surface area contributed by atoms with Gasteiger partial charge < -0.3 is 14.6 Å². The summed E-state index contributed by atoms with van der Waals surface area (Å²) in [5.41, 5.74) is 1.39. The van der Waals surface area contributed by atoms with Gasteiger partial charge in [0.1, 0.15) is 6.61 Å². The summed E-state index contributed by atoms with van der Waals surface area (Å²) in [6.45, 7) is 2.46. The number of aldehydes is 1. The van der Waals surface area contributed by atoms with E-state index in [1.165, 1.54) is 6.07 Å². The highest BCUT2D eigenvalue weighted by molar-refractivity contribution is 9.10. The number of aromatic carboxylic acids is 1. The predicted molar refractivity (Wildman–Crippen MR) is 88.4 cm³/mol. The minimum Gasteiger partial charge on any atom is -0.490 e. The first kappa shape index (κ1) is 17.0. The number of halogens is 1. The molecule has 0 atom stereocenters. The van der Waals surface area contributed by atoms with Crippen LogP contribution in [0, 0.1) is 0 Å². The highest BCUT2D eigenvalue weighted by atomic mass is 79.9. The van der Waals surface area contributed by atoms with Crippen LogP contribution in [0.3, 0.4) is 0 Å². The molecule has 0 unspecified atom stereocenters. The first-order chi connectivity index (χ1) is 11.0. The molecule has 0 saturated heterocycles. The zero-order valence-electron chi connectivity index (χ0n) is 12.4. The number of carbonyl (C=O) groups excluding carboxylic acids is 1. The van der Waals surface area contributed by atoms with E-state index in [4.69, 9.17) is 14.6 Å². The van der Waals surface area contributed by atoms with Crippen LogP contribution in [0.25, 0.3) is 0 Å². The Morgan fingerprint density at radius 2 is 1.96 bits per heavy atom. The molecule has 2 aromatic rings. The van der Waals surface area contributed by atoms with E-state index in [-0.39, 0.29) is 12.2 Å². The Hall–Kier alpha value is -2.34. The Morgan fingerprint density at radius 3 is 2.61 bits per heavy atom. The maximum Gasteiger partial charge on any atom is 0.335 e. The van der Waals surface area contributed by atoms with Gasteiger partial charge in [-0.15, -0.1) is 0 Å². The smallest absolute Gasteiger partial charge is 0.335 e. The van der Waals surface area contributed by atoms with Crippen molar-refractivity contribution >= 4 is 28.2 Å². The molecule has 0 amide bonds. The summed E-state index contributed by atoms with van der Waals surface area (Å²) in [6.07, 6.45) is 0.729. The van der Waals surface area contributed by atoms with Crippen LogP contribution in [0.2, 0.25) is 0 Å². The van der Waals surface area contributed by atoms with Crippen LogP contribution in [0.4, 0.5) is 0 Å². The zero-order chi connectivity index (χ0) is 16.8. The number of carbonyl (C=O) groups is 2. The topological polar surface area (TPSA) is 72.8 Å². The molecule has 0 heterocycles. The van der Waals surface area contributed by atoms with Gasteiger partial charge in [0.25, 0.3) is 0 Å². The molecule has 6 heteroatoms. The number of benzene rings is 2. The maximum atomic E-state index is 11.0. The molecule has 1 N–H and O–H groups in total. The molecule has 2 aromatic carbocycles. The first-order valence-corrected chi connectivity index (χ1v) is 7.71. The van der Waals surface area contributed by atoms with Crippen LogP contribution < -0.4 is 9.47 Å². The fraction of sp³-hybridized carbons (Fsp3) is 0.176. The molecule has 120 valence electrons. The van der Waals surface area contributed by atoms with Gasteiger partial charge in [-0.05, 0) is 52.7 Å². The highest BCUT2D eigenvalue weighted by Crippen LogP contribution is 2.33. The van der Waals surface area contributed by atoms with Crippen LogP contribution in [0.5, 0.6) is 11.5 Å². The van der Waals surface area contributed by atoms with Crippen molar-refractivity contribution in [3.63, 3.8) is 0 Å². The van der Waals surface area contributed by atoms with E-state index in [1.807, 2.05) is 6.92 Å². The summed E-state index contributed by atoms with van der Waals surface area (Å²) in [7, 11) is 0. The summed E-state index contributed by atoms with van der Waals surface area (Å²) in [6, 6.07) is 9.78.